The molecule has 1 aromatic heterocycles. The van der Waals surface area contributed by atoms with Crippen LogP contribution in [0.25, 0.3) is 0 Å². The molecule has 2 aromatic rings. The highest BCUT2D eigenvalue weighted by atomic mass is 35.5. The van der Waals surface area contributed by atoms with Crippen LogP contribution in [0.5, 0.6) is 0 Å². The number of aromatic nitrogens is 1. The van der Waals surface area contributed by atoms with Crippen molar-refractivity contribution in [1.29, 1.82) is 0 Å². The molecular weight excluding hydrogens is 403 g/mol. The number of nitrogens with one attached hydrogen (secondary N) is 2. The highest BCUT2D eigenvalue weighted by Gasteiger charge is 2.29. The lowest BCUT2D eigenvalue weighted by Crippen LogP contribution is -2.35. The van der Waals surface area contributed by atoms with Gasteiger partial charge < -0.3 is 21.1 Å². The van der Waals surface area contributed by atoms with E-state index in [9.17, 15) is 9.59 Å². The molecule has 3 rings (SSSR count). The Kier molecular flexibility index (Phi) is 9.89. The molecule has 152 valence electrons. The minimum atomic E-state index is -0.422. The molecule has 1 aromatic carbocycles. The minimum absolute atomic E-state index is 0. The second-order valence-corrected chi connectivity index (χ2v) is 6.16. The Morgan fingerprint density at radius 2 is 1.75 bits per heavy atom. The Bertz CT molecular complexity index is 760. The number of hydrogen-bond donors (Lipinski definition) is 3. The number of rotatable bonds is 6. The van der Waals surface area contributed by atoms with Crippen LogP contribution in [0.15, 0.2) is 48.8 Å². The number of carbonyl (C=O) groups is 2. The van der Waals surface area contributed by atoms with Crippen molar-refractivity contribution in [3.63, 3.8) is 0 Å². The number of nitrogens with zero attached hydrogens (tertiary/aromatic N) is 1. The molecule has 4 N–H and O–H groups in total. The molecule has 0 aliphatic carbocycles. The van der Waals surface area contributed by atoms with Gasteiger partial charge in [-0.05, 0) is 42.7 Å². The standard InChI is InChI=1S/C19H22N4O3.2ClH/c20-11-16-5-6-17(26-16)19(25)22-12-13-1-3-14(4-2-13)18(24)23-15-7-9-21-10-8-15;;/h1-4,7-10,16-17H,5-6,11-12,20H2,(H,22,25)(H,21,23,24);2*1H/t16-,17+;;/m1../s1. The summed E-state index contributed by atoms with van der Waals surface area (Å²) in [4.78, 5) is 28.2. The van der Waals surface area contributed by atoms with Gasteiger partial charge in [0.15, 0.2) is 0 Å². The van der Waals surface area contributed by atoms with Gasteiger partial charge in [-0.3, -0.25) is 14.6 Å². The zero-order valence-corrected chi connectivity index (χ0v) is 16.8. The molecule has 2 amide bonds. The van der Waals surface area contributed by atoms with E-state index in [1.54, 1.807) is 36.7 Å². The van der Waals surface area contributed by atoms with Gasteiger partial charge in [-0.1, -0.05) is 12.1 Å². The average molecular weight is 427 g/mol. The van der Waals surface area contributed by atoms with Crippen molar-refractivity contribution in [2.75, 3.05) is 11.9 Å². The predicted molar refractivity (Wildman–Crippen MR) is 112 cm³/mol. The molecular formula is C19H24Cl2N4O3. The lowest BCUT2D eigenvalue weighted by Gasteiger charge is -2.13. The Morgan fingerprint density at radius 3 is 2.36 bits per heavy atom. The van der Waals surface area contributed by atoms with Gasteiger partial charge in [0.1, 0.15) is 6.10 Å². The summed E-state index contributed by atoms with van der Waals surface area (Å²) >= 11 is 0. The minimum Gasteiger partial charge on any atom is -0.364 e. The SMILES string of the molecule is Cl.Cl.NC[C@H]1CC[C@@H](C(=O)NCc2ccc(C(=O)Nc3ccncc3)cc2)O1. The van der Waals surface area contributed by atoms with Gasteiger partial charge in [-0.25, -0.2) is 0 Å². The summed E-state index contributed by atoms with van der Waals surface area (Å²) in [5, 5.41) is 5.66. The van der Waals surface area contributed by atoms with E-state index in [4.69, 9.17) is 10.5 Å². The van der Waals surface area contributed by atoms with Gasteiger partial charge in [0, 0.05) is 36.7 Å². The number of amides is 2. The summed E-state index contributed by atoms with van der Waals surface area (Å²) < 4.78 is 5.57. The zero-order valence-electron chi connectivity index (χ0n) is 15.2. The maximum absolute atomic E-state index is 12.2. The third-order valence-electron chi connectivity index (χ3n) is 4.28. The molecule has 9 heteroatoms. The third kappa shape index (κ3) is 6.45. The first-order valence-electron chi connectivity index (χ1n) is 8.59. The fourth-order valence-corrected chi connectivity index (χ4v) is 2.79. The fraction of sp³-hybridized carbons (Fsp3) is 0.316. The maximum Gasteiger partial charge on any atom is 0.255 e. The summed E-state index contributed by atoms with van der Waals surface area (Å²) in [6, 6.07) is 10.5. The van der Waals surface area contributed by atoms with E-state index in [1.807, 2.05) is 12.1 Å². The molecule has 1 aliphatic rings. The van der Waals surface area contributed by atoms with Gasteiger partial charge in [-0.15, -0.1) is 24.8 Å². The molecule has 2 atom stereocenters. The first kappa shape index (κ1) is 23.8. The molecule has 28 heavy (non-hydrogen) atoms. The van der Waals surface area contributed by atoms with Gasteiger partial charge in [0.25, 0.3) is 5.91 Å². The van der Waals surface area contributed by atoms with Crippen molar-refractivity contribution in [3.05, 3.63) is 59.9 Å². The van der Waals surface area contributed by atoms with Crippen molar-refractivity contribution in [2.45, 2.75) is 31.6 Å². The van der Waals surface area contributed by atoms with E-state index < -0.39 is 6.10 Å². The van der Waals surface area contributed by atoms with Gasteiger partial charge in [-0.2, -0.15) is 0 Å². The van der Waals surface area contributed by atoms with Crippen molar-refractivity contribution in [1.82, 2.24) is 10.3 Å². The lowest BCUT2D eigenvalue weighted by molar-refractivity contribution is -0.132. The normalized spacial score (nSPS) is 17.8. The summed E-state index contributed by atoms with van der Waals surface area (Å²) in [7, 11) is 0. The summed E-state index contributed by atoms with van der Waals surface area (Å²) in [6.45, 7) is 0.824. The Hall–Kier alpha value is -2.19. The van der Waals surface area contributed by atoms with Crippen LogP contribution in [0.1, 0.15) is 28.8 Å². The smallest absolute Gasteiger partial charge is 0.255 e. The molecule has 1 saturated heterocycles. The first-order valence-corrected chi connectivity index (χ1v) is 8.59. The van der Waals surface area contributed by atoms with Crippen molar-refractivity contribution in [3.8, 4) is 0 Å². The van der Waals surface area contributed by atoms with Crippen molar-refractivity contribution < 1.29 is 14.3 Å². The highest BCUT2D eigenvalue weighted by molar-refractivity contribution is 6.04. The first-order chi connectivity index (χ1) is 12.7. The lowest BCUT2D eigenvalue weighted by atomic mass is 10.1. The second kappa shape index (κ2) is 11.6. The zero-order chi connectivity index (χ0) is 18.4. The van der Waals surface area contributed by atoms with Crippen LogP contribution in [0, 0.1) is 0 Å². The Balaban J connectivity index is 0.00000196. The van der Waals surface area contributed by atoms with Gasteiger partial charge >= 0.3 is 0 Å². The van der Waals surface area contributed by atoms with Crippen LogP contribution < -0.4 is 16.4 Å². The highest BCUT2D eigenvalue weighted by Crippen LogP contribution is 2.19. The molecule has 7 nitrogen and oxygen atoms in total. The monoisotopic (exact) mass is 426 g/mol. The number of nitrogens with two attached hydrogens (primary N) is 1. The number of ether oxygens (including phenoxy) is 1. The molecule has 0 radical (unpaired) electrons. The van der Waals surface area contributed by atoms with Crippen LogP contribution in [-0.2, 0) is 16.1 Å². The molecule has 1 fully saturated rings. The van der Waals surface area contributed by atoms with Crippen LogP contribution in [-0.4, -0.2) is 35.6 Å². The molecule has 0 saturated carbocycles. The van der Waals surface area contributed by atoms with E-state index in [0.29, 0.717) is 30.8 Å². The third-order valence-corrected chi connectivity index (χ3v) is 4.28. The number of halogens is 2. The van der Waals surface area contributed by atoms with Crippen LogP contribution in [0.4, 0.5) is 5.69 Å². The predicted octanol–water partition coefficient (Wildman–Crippen LogP) is 2.30. The topological polar surface area (TPSA) is 106 Å². The average Bonchev–Trinajstić information content (AvgIpc) is 3.17. The molecule has 0 bridgehead atoms. The van der Waals surface area contributed by atoms with Gasteiger partial charge in [0.2, 0.25) is 5.91 Å². The summed E-state index contributed by atoms with van der Waals surface area (Å²) in [5.74, 6) is -0.320. The van der Waals surface area contributed by atoms with Gasteiger partial charge in [0.05, 0.1) is 6.10 Å². The van der Waals surface area contributed by atoms with E-state index >= 15 is 0 Å². The van der Waals surface area contributed by atoms with Crippen molar-refractivity contribution in [2.24, 2.45) is 5.73 Å². The number of pyridine rings is 1. The van der Waals surface area contributed by atoms with E-state index in [1.165, 1.54) is 0 Å². The quantitative estimate of drug-likeness (QED) is 0.656. The van der Waals surface area contributed by atoms with E-state index in [-0.39, 0.29) is 42.7 Å². The number of benzene rings is 1. The molecule has 0 unspecified atom stereocenters. The van der Waals surface area contributed by atoms with E-state index in [2.05, 4.69) is 15.6 Å². The van der Waals surface area contributed by atoms with Crippen molar-refractivity contribution >= 4 is 42.3 Å². The van der Waals surface area contributed by atoms with E-state index in [0.717, 1.165) is 12.0 Å². The summed E-state index contributed by atoms with van der Waals surface area (Å²) in [6.07, 6.45) is 4.30. The Morgan fingerprint density at radius 1 is 1.07 bits per heavy atom. The van der Waals surface area contributed by atoms with Crippen LogP contribution in [0.2, 0.25) is 0 Å². The molecule has 0 spiro atoms. The maximum atomic E-state index is 12.2. The molecule has 1 aliphatic heterocycles. The molecule has 2 heterocycles. The summed E-state index contributed by atoms with van der Waals surface area (Å²) in [5.41, 5.74) is 7.70. The largest absolute Gasteiger partial charge is 0.364 e. The number of anilines is 1. The number of carbonyl (C=O) groups excluding carboxylic acids is 2. The number of hydrogen-bond acceptors (Lipinski definition) is 5. The fourth-order valence-electron chi connectivity index (χ4n) is 2.79. The Labute approximate surface area is 176 Å². The van der Waals surface area contributed by atoms with Crippen LogP contribution >= 0.6 is 24.8 Å². The second-order valence-electron chi connectivity index (χ2n) is 6.16. The van der Waals surface area contributed by atoms with Crippen LogP contribution in [0.3, 0.4) is 0 Å².